The van der Waals surface area contributed by atoms with Gasteiger partial charge >= 0.3 is 0 Å². The Balaban J connectivity index is 1.86. The second-order valence-electron chi connectivity index (χ2n) is 5.03. The summed E-state index contributed by atoms with van der Waals surface area (Å²) in [5.74, 6) is 0.636. The predicted molar refractivity (Wildman–Crippen MR) is 80.3 cm³/mol. The minimum absolute atomic E-state index is 0.170. The van der Waals surface area contributed by atoms with Crippen molar-refractivity contribution in [1.82, 2.24) is 14.5 Å². The largest absolute Gasteiger partial charge is 0.494 e. The standard InChI is InChI=1S/C14H17N3O4S/c1-2-21-10-3-5-11(6-4-10)22(19,20)17-8-7-12-13(9-17)15-16-14(12)18/h3-6H,2,7-9H2,1H3,(H2,15,16,18). The van der Waals surface area contributed by atoms with Crippen LogP contribution in [0.2, 0.25) is 0 Å². The Labute approximate surface area is 128 Å². The second kappa shape index (κ2) is 5.62. The first-order chi connectivity index (χ1) is 10.5. The van der Waals surface area contributed by atoms with Gasteiger partial charge in [0, 0.05) is 12.1 Å². The van der Waals surface area contributed by atoms with E-state index in [1.807, 2.05) is 6.92 Å². The maximum absolute atomic E-state index is 12.7. The van der Waals surface area contributed by atoms with E-state index in [9.17, 15) is 13.2 Å². The van der Waals surface area contributed by atoms with E-state index in [-0.39, 0.29) is 17.0 Å². The molecule has 2 N–H and O–H groups in total. The molecule has 2 heterocycles. The Morgan fingerprint density at radius 2 is 1.95 bits per heavy atom. The first-order valence-corrected chi connectivity index (χ1v) is 8.48. The van der Waals surface area contributed by atoms with Crippen molar-refractivity contribution in [2.24, 2.45) is 0 Å². The lowest BCUT2D eigenvalue weighted by Gasteiger charge is -2.25. The Kier molecular flexibility index (Phi) is 3.79. The molecule has 8 heteroatoms. The molecule has 118 valence electrons. The third kappa shape index (κ3) is 2.55. The molecule has 22 heavy (non-hydrogen) atoms. The molecule has 1 aliphatic heterocycles. The van der Waals surface area contributed by atoms with Crippen LogP contribution in [0.3, 0.4) is 0 Å². The Morgan fingerprint density at radius 3 is 2.64 bits per heavy atom. The highest BCUT2D eigenvalue weighted by molar-refractivity contribution is 7.89. The van der Waals surface area contributed by atoms with Crippen molar-refractivity contribution in [3.63, 3.8) is 0 Å². The second-order valence-corrected chi connectivity index (χ2v) is 6.97. The van der Waals surface area contributed by atoms with E-state index in [1.54, 1.807) is 12.1 Å². The van der Waals surface area contributed by atoms with Gasteiger partial charge < -0.3 is 9.84 Å². The van der Waals surface area contributed by atoms with Gasteiger partial charge in [0.05, 0.1) is 23.7 Å². The zero-order valence-electron chi connectivity index (χ0n) is 12.1. The first kappa shape index (κ1) is 14.9. The van der Waals surface area contributed by atoms with E-state index < -0.39 is 10.0 Å². The molecule has 7 nitrogen and oxygen atoms in total. The summed E-state index contributed by atoms with van der Waals surface area (Å²) in [6.45, 7) is 2.86. The maximum atomic E-state index is 12.7. The summed E-state index contributed by atoms with van der Waals surface area (Å²) < 4.78 is 32.0. The zero-order valence-corrected chi connectivity index (χ0v) is 12.9. The van der Waals surface area contributed by atoms with Crippen LogP contribution in [0, 0.1) is 0 Å². The molecule has 3 rings (SSSR count). The van der Waals surface area contributed by atoms with Crippen LogP contribution in [-0.2, 0) is 23.0 Å². The van der Waals surface area contributed by atoms with E-state index in [2.05, 4.69) is 10.2 Å². The summed E-state index contributed by atoms with van der Waals surface area (Å²) in [4.78, 5) is 11.7. The Morgan fingerprint density at radius 1 is 1.23 bits per heavy atom. The minimum atomic E-state index is -3.59. The van der Waals surface area contributed by atoms with Gasteiger partial charge in [0.25, 0.3) is 5.56 Å². The SMILES string of the molecule is CCOc1ccc(S(=O)(=O)N2CCc3c([nH][nH]c3=O)C2)cc1. The molecule has 2 aromatic rings. The van der Waals surface area contributed by atoms with Crippen molar-refractivity contribution in [2.45, 2.75) is 24.8 Å². The van der Waals surface area contributed by atoms with Crippen LogP contribution in [-0.4, -0.2) is 36.1 Å². The third-order valence-electron chi connectivity index (χ3n) is 3.68. The van der Waals surface area contributed by atoms with Gasteiger partial charge in [0.15, 0.2) is 0 Å². The molecule has 0 spiro atoms. The van der Waals surface area contributed by atoms with Crippen LogP contribution < -0.4 is 10.3 Å². The van der Waals surface area contributed by atoms with Gasteiger partial charge in [0.1, 0.15) is 5.75 Å². The fraction of sp³-hybridized carbons (Fsp3) is 0.357. The average molecular weight is 323 g/mol. The van der Waals surface area contributed by atoms with E-state index in [0.29, 0.717) is 36.6 Å². The number of hydrogen-bond acceptors (Lipinski definition) is 4. The Bertz CT molecular complexity index is 821. The molecule has 0 atom stereocenters. The van der Waals surface area contributed by atoms with E-state index in [4.69, 9.17) is 4.74 Å². The predicted octanol–water partition coefficient (Wildman–Crippen LogP) is 0.849. The lowest BCUT2D eigenvalue weighted by molar-refractivity contribution is 0.340. The fourth-order valence-electron chi connectivity index (χ4n) is 2.54. The molecule has 1 aliphatic rings. The number of benzene rings is 1. The number of sulfonamides is 1. The lowest BCUT2D eigenvalue weighted by atomic mass is 10.1. The normalized spacial score (nSPS) is 15.5. The molecule has 0 aliphatic carbocycles. The number of hydrogen-bond donors (Lipinski definition) is 2. The quantitative estimate of drug-likeness (QED) is 0.872. The molecular weight excluding hydrogens is 306 g/mol. The summed E-state index contributed by atoms with van der Waals surface area (Å²) in [7, 11) is -3.59. The van der Waals surface area contributed by atoms with Crippen molar-refractivity contribution >= 4 is 10.0 Å². The summed E-state index contributed by atoms with van der Waals surface area (Å²) in [5, 5.41) is 5.24. The van der Waals surface area contributed by atoms with Crippen molar-refractivity contribution in [1.29, 1.82) is 0 Å². The van der Waals surface area contributed by atoms with Gasteiger partial charge in [-0.15, -0.1) is 0 Å². The van der Waals surface area contributed by atoms with Crippen LogP contribution in [0.4, 0.5) is 0 Å². The van der Waals surface area contributed by atoms with Crippen molar-refractivity contribution in [3.8, 4) is 5.75 Å². The molecule has 0 radical (unpaired) electrons. The van der Waals surface area contributed by atoms with Crippen LogP contribution in [0.1, 0.15) is 18.2 Å². The molecule has 0 fully saturated rings. The van der Waals surface area contributed by atoms with Gasteiger partial charge in [-0.05, 0) is 37.6 Å². The summed E-state index contributed by atoms with van der Waals surface area (Å²) in [6, 6.07) is 6.36. The third-order valence-corrected chi connectivity index (χ3v) is 5.54. The van der Waals surface area contributed by atoms with Crippen LogP contribution in [0.15, 0.2) is 34.0 Å². The fourth-order valence-corrected chi connectivity index (χ4v) is 3.95. The van der Waals surface area contributed by atoms with Crippen molar-refractivity contribution < 1.29 is 13.2 Å². The molecule has 0 saturated carbocycles. The van der Waals surface area contributed by atoms with Gasteiger partial charge in [-0.2, -0.15) is 4.31 Å². The molecule has 1 aromatic heterocycles. The number of H-pyrrole nitrogens is 2. The van der Waals surface area contributed by atoms with Crippen LogP contribution in [0.25, 0.3) is 0 Å². The number of aromatic amines is 2. The molecule has 1 aromatic carbocycles. The number of nitrogens with zero attached hydrogens (tertiary/aromatic N) is 1. The minimum Gasteiger partial charge on any atom is -0.494 e. The van der Waals surface area contributed by atoms with Gasteiger partial charge in [-0.3, -0.25) is 9.89 Å². The number of ether oxygens (including phenoxy) is 1. The van der Waals surface area contributed by atoms with E-state index in [0.717, 1.165) is 0 Å². The zero-order chi connectivity index (χ0) is 15.7. The first-order valence-electron chi connectivity index (χ1n) is 7.03. The Hall–Kier alpha value is -2.06. The lowest BCUT2D eigenvalue weighted by Crippen LogP contribution is -2.36. The number of nitrogens with one attached hydrogen (secondary N) is 2. The smallest absolute Gasteiger partial charge is 0.267 e. The molecule has 0 amide bonds. The highest BCUT2D eigenvalue weighted by Crippen LogP contribution is 2.24. The maximum Gasteiger partial charge on any atom is 0.267 e. The van der Waals surface area contributed by atoms with E-state index >= 15 is 0 Å². The average Bonchev–Trinajstić information content (AvgIpc) is 2.89. The molecule has 0 bridgehead atoms. The van der Waals surface area contributed by atoms with E-state index in [1.165, 1.54) is 16.4 Å². The summed E-state index contributed by atoms with van der Waals surface area (Å²) in [5.41, 5.74) is 1.09. The summed E-state index contributed by atoms with van der Waals surface area (Å²) in [6.07, 6.45) is 0.407. The van der Waals surface area contributed by atoms with Gasteiger partial charge in [0.2, 0.25) is 10.0 Å². The highest BCUT2D eigenvalue weighted by atomic mass is 32.2. The molecule has 0 saturated heterocycles. The monoisotopic (exact) mass is 323 g/mol. The number of aromatic nitrogens is 2. The van der Waals surface area contributed by atoms with Crippen LogP contribution >= 0.6 is 0 Å². The summed E-state index contributed by atoms with van der Waals surface area (Å²) >= 11 is 0. The number of rotatable bonds is 4. The van der Waals surface area contributed by atoms with Crippen LogP contribution in [0.5, 0.6) is 5.75 Å². The van der Waals surface area contributed by atoms with Gasteiger partial charge in [-0.1, -0.05) is 0 Å². The highest BCUT2D eigenvalue weighted by Gasteiger charge is 2.30. The molecular formula is C14H17N3O4S. The van der Waals surface area contributed by atoms with Crippen molar-refractivity contribution in [2.75, 3.05) is 13.2 Å². The topological polar surface area (TPSA) is 95.3 Å². The number of fused-ring (bicyclic) bond motifs is 1. The molecule has 0 unspecified atom stereocenters. The van der Waals surface area contributed by atoms with Crippen molar-refractivity contribution in [3.05, 3.63) is 45.9 Å². The van der Waals surface area contributed by atoms with Gasteiger partial charge in [-0.25, -0.2) is 8.42 Å².